The van der Waals surface area contributed by atoms with E-state index in [1.807, 2.05) is 31.2 Å². The molecule has 20 heavy (non-hydrogen) atoms. The number of carbonyl (C=O) groups excluding carboxylic acids is 1. The smallest absolute Gasteiger partial charge is 0.252 e. The first kappa shape index (κ1) is 14.3. The average molecular weight is 272 g/mol. The minimum atomic E-state index is -0.280. The van der Waals surface area contributed by atoms with Gasteiger partial charge >= 0.3 is 0 Å². The first-order valence-corrected chi connectivity index (χ1v) is 6.55. The molecule has 0 heterocycles. The van der Waals surface area contributed by atoms with Gasteiger partial charge in [0, 0.05) is 27.7 Å². The fourth-order valence-corrected chi connectivity index (χ4v) is 2.06. The van der Waals surface area contributed by atoms with E-state index in [0.717, 1.165) is 16.6 Å². The number of aldehydes is 1. The normalized spacial score (nSPS) is 18.2. The van der Waals surface area contributed by atoms with Crippen LogP contribution in [0.5, 0.6) is 0 Å². The van der Waals surface area contributed by atoms with E-state index in [9.17, 15) is 9.70 Å². The average Bonchev–Trinajstić information content (AvgIpc) is 2.46. The molecular formula is C16H18NO3+. The number of allylic oxidation sites excluding steroid dienone is 1. The highest BCUT2D eigenvalue weighted by Crippen LogP contribution is 2.21. The standard InChI is InChI=1S/C16H18NO3/c1-12-3-5-13(6-4-12)11-20-16-8-7-15(17(2)19)9-14(16)10-18/h3-7,9-10,16H,8,11H2,1-2H3/q+1. The molecule has 1 unspecified atom stereocenters. The number of nitrogens with zero attached hydrogens (tertiary/aromatic N) is 1. The third-order valence-corrected chi connectivity index (χ3v) is 3.30. The molecular weight excluding hydrogens is 254 g/mol. The van der Waals surface area contributed by atoms with E-state index in [-0.39, 0.29) is 6.10 Å². The van der Waals surface area contributed by atoms with Gasteiger partial charge in [-0.3, -0.25) is 4.79 Å². The van der Waals surface area contributed by atoms with Crippen LogP contribution in [-0.2, 0) is 16.1 Å². The summed E-state index contributed by atoms with van der Waals surface area (Å²) in [4.78, 5) is 22.3. The molecule has 0 radical (unpaired) electrons. The van der Waals surface area contributed by atoms with Crippen LogP contribution in [0.25, 0.3) is 0 Å². The summed E-state index contributed by atoms with van der Waals surface area (Å²) in [6, 6.07) is 8.07. The number of ether oxygens (including phenoxy) is 1. The summed E-state index contributed by atoms with van der Waals surface area (Å²) in [5.41, 5.74) is 3.28. The number of rotatable bonds is 5. The van der Waals surface area contributed by atoms with Crippen molar-refractivity contribution in [1.82, 2.24) is 0 Å². The first-order chi connectivity index (χ1) is 9.60. The Labute approximate surface area is 118 Å². The van der Waals surface area contributed by atoms with Crippen LogP contribution in [0.1, 0.15) is 17.5 Å². The second kappa shape index (κ2) is 6.39. The SMILES string of the molecule is Cc1ccc(COC2CC=C([N+](C)=O)C=C2C=O)cc1. The maximum absolute atomic E-state index is 11.2. The number of likely N-dealkylation sites (N-methyl/N-ethyl adjacent to an activating group) is 1. The second-order valence-electron chi connectivity index (χ2n) is 4.91. The summed E-state index contributed by atoms with van der Waals surface area (Å²) in [5.74, 6) is 0. The zero-order valence-corrected chi connectivity index (χ0v) is 11.7. The largest absolute Gasteiger partial charge is 0.368 e. The summed E-state index contributed by atoms with van der Waals surface area (Å²) in [7, 11) is 1.41. The van der Waals surface area contributed by atoms with Gasteiger partial charge in [-0.15, -0.1) is 0 Å². The van der Waals surface area contributed by atoms with Crippen molar-refractivity contribution in [2.45, 2.75) is 26.1 Å². The molecule has 0 amide bonds. The van der Waals surface area contributed by atoms with Crippen molar-refractivity contribution in [3.05, 3.63) is 63.7 Å². The van der Waals surface area contributed by atoms with Crippen LogP contribution in [0.2, 0.25) is 0 Å². The quantitative estimate of drug-likeness (QED) is 0.611. The number of hydrogen-bond acceptors (Lipinski definition) is 3. The van der Waals surface area contributed by atoms with E-state index < -0.39 is 0 Å². The topological polar surface area (TPSA) is 46.4 Å². The van der Waals surface area contributed by atoms with Crippen molar-refractivity contribution < 1.29 is 14.3 Å². The van der Waals surface area contributed by atoms with Gasteiger partial charge in [0.05, 0.1) is 12.7 Å². The molecule has 0 saturated heterocycles. The van der Waals surface area contributed by atoms with Crippen LogP contribution >= 0.6 is 0 Å². The minimum Gasteiger partial charge on any atom is -0.368 e. The molecule has 0 aromatic heterocycles. The van der Waals surface area contributed by atoms with Gasteiger partial charge in [0.1, 0.15) is 6.29 Å². The van der Waals surface area contributed by atoms with Crippen molar-refractivity contribution in [3.63, 3.8) is 0 Å². The van der Waals surface area contributed by atoms with Crippen molar-refractivity contribution in [1.29, 1.82) is 0 Å². The number of benzene rings is 1. The molecule has 4 heteroatoms. The van der Waals surface area contributed by atoms with E-state index >= 15 is 0 Å². The van der Waals surface area contributed by atoms with Gasteiger partial charge in [0.15, 0.2) is 7.05 Å². The molecule has 1 aromatic carbocycles. The Morgan fingerprint density at radius 3 is 2.65 bits per heavy atom. The fourth-order valence-electron chi connectivity index (χ4n) is 2.06. The van der Waals surface area contributed by atoms with E-state index in [0.29, 0.717) is 24.3 Å². The monoisotopic (exact) mass is 272 g/mol. The summed E-state index contributed by atoms with van der Waals surface area (Å²) in [6.07, 6.45) is 4.40. The number of hydrogen-bond donors (Lipinski definition) is 0. The van der Waals surface area contributed by atoms with Crippen LogP contribution in [0.4, 0.5) is 0 Å². The lowest BCUT2D eigenvalue weighted by Crippen LogP contribution is -2.20. The van der Waals surface area contributed by atoms with Gasteiger partial charge in [0.25, 0.3) is 5.70 Å². The van der Waals surface area contributed by atoms with Crippen LogP contribution in [0.15, 0.2) is 47.7 Å². The van der Waals surface area contributed by atoms with E-state index in [1.165, 1.54) is 12.6 Å². The lowest BCUT2D eigenvalue weighted by Gasteiger charge is -2.18. The molecule has 104 valence electrons. The molecule has 2 rings (SSSR count). The highest BCUT2D eigenvalue weighted by molar-refractivity contribution is 5.76. The highest BCUT2D eigenvalue weighted by atomic mass is 16.5. The maximum Gasteiger partial charge on any atom is 0.252 e. The van der Waals surface area contributed by atoms with Gasteiger partial charge in [-0.2, -0.15) is 0 Å². The maximum atomic E-state index is 11.2. The summed E-state index contributed by atoms with van der Waals surface area (Å²) >= 11 is 0. The van der Waals surface area contributed by atoms with Crippen molar-refractivity contribution in [2.24, 2.45) is 0 Å². The zero-order chi connectivity index (χ0) is 14.5. The molecule has 1 atom stereocenters. The lowest BCUT2D eigenvalue weighted by atomic mass is 10.0. The molecule has 0 spiro atoms. The summed E-state index contributed by atoms with van der Waals surface area (Å²) in [6.45, 7) is 2.48. The molecule has 0 N–H and O–H groups in total. The molecule has 0 bridgehead atoms. The Balaban J connectivity index is 2.00. The molecule has 1 aliphatic rings. The van der Waals surface area contributed by atoms with Crippen LogP contribution < -0.4 is 0 Å². The third-order valence-electron chi connectivity index (χ3n) is 3.30. The van der Waals surface area contributed by atoms with Gasteiger partial charge in [-0.25, -0.2) is 0 Å². The molecule has 0 fully saturated rings. The van der Waals surface area contributed by atoms with E-state index in [4.69, 9.17) is 4.74 Å². The second-order valence-corrected chi connectivity index (χ2v) is 4.91. The molecule has 1 aliphatic carbocycles. The Morgan fingerprint density at radius 2 is 2.05 bits per heavy atom. The highest BCUT2D eigenvalue weighted by Gasteiger charge is 2.23. The summed E-state index contributed by atoms with van der Waals surface area (Å²) in [5, 5.41) is 0. The number of aryl methyl sites for hydroxylation is 1. The van der Waals surface area contributed by atoms with Gasteiger partial charge in [0.2, 0.25) is 0 Å². The molecule has 0 saturated carbocycles. The first-order valence-electron chi connectivity index (χ1n) is 6.55. The summed E-state index contributed by atoms with van der Waals surface area (Å²) < 4.78 is 6.53. The van der Waals surface area contributed by atoms with E-state index in [2.05, 4.69) is 0 Å². The Kier molecular flexibility index (Phi) is 4.58. The third kappa shape index (κ3) is 3.48. The van der Waals surface area contributed by atoms with Crippen LogP contribution in [-0.4, -0.2) is 24.2 Å². The van der Waals surface area contributed by atoms with Gasteiger partial charge in [-0.05, 0) is 18.6 Å². The Morgan fingerprint density at radius 1 is 1.35 bits per heavy atom. The molecule has 1 aromatic rings. The van der Waals surface area contributed by atoms with Crippen LogP contribution in [0, 0.1) is 11.8 Å². The molecule has 0 aliphatic heterocycles. The number of carbonyl (C=O) groups is 1. The van der Waals surface area contributed by atoms with Crippen LogP contribution in [0.3, 0.4) is 0 Å². The van der Waals surface area contributed by atoms with Crippen molar-refractivity contribution in [2.75, 3.05) is 7.05 Å². The number of nitroso groups, excluding NO2 is 1. The molecule has 4 nitrogen and oxygen atoms in total. The van der Waals surface area contributed by atoms with Gasteiger partial charge < -0.3 is 4.74 Å². The fraction of sp³-hybridized carbons (Fsp3) is 0.312. The lowest BCUT2D eigenvalue weighted by molar-refractivity contribution is -0.461. The van der Waals surface area contributed by atoms with Crippen molar-refractivity contribution >= 4 is 6.29 Å². The predicted molar refractivity (Wildman–Crippen MR) is 76.2 cm³/mol. The Bertz CT molecular complexity index is 570. The zero-order valence-electron chi connectivity index (χ0n) is 11.7. The van der Waals surface area contributed by atoms with Crippen molar-refractivity contribution in [3.8, 4) is 0 Å². The van der Waals surface area contributed by atoms with Gasteiger partial charge in [-0.1, -0.05) is 29.8 Å². The predicted octanol–water partition coefficient (Wildman–Crippen LogP) is 2.70. The minimum absolute atomic E-state index is 0.280. The Hall–Kier alpha value is -2.07. The van der Waals surface area contributed by atoms with E-state index in [1.54, 1.807) is 12.2 Å².